The van der Waals surface area contributed by atoms with Gasteiger partial charge in [0.25, 0.3) is 0 Å². The van der Waals surface area contributed by atoms with Crippen molar-refractivity contribution < 1.29 is 0 Å². The summed E-state index contributed by atoms with van der Waals surface area (Å²) in [6.45, 7) is 6.37. The van der Waals surface area contributed by atoms with Gasteiger partial charge in [-0.15, -0.1) is 5.10 Å². The lowest BCUT2D eigenvalue weighted by Gasteiger charge is -2.29. The molecular formula is C16H23N5. The molecule has 1 aromatic heterocycles. The van der Waals surface area contributed by atoms with Crippen molar-refractivity contribution in [3.05, 3.63) is 41.7 Å². The van der Waals surface area contributed by atoms with Crippen molar-refractivity contribution in [3.8, 4) is 0 Å². The van der Waals surface area contributed by atoms with Gasteiger partial charge in [-0.25, -0.2) is 4.68 Å². The van der Waals surface area contributed by atoms with Crippen LogP contribution < -0.4 is 0 Å². The molecule has 0 N–H and O–H groups in total. The Morgan fingerprint density at radius 2 is 1.90 bits per heavy atom. The molecule has 0 bridgehead atoms. The van der Waals surface area contributed by atoms with E-state index >= 15 is 0 Å². The first kappa shape index (κ1) is 14.2. The first-order valence-electron chi connectivity index (χ1n) is 7.82. The third-order valence-corrected chi connectivity index (χ3v) is 4.30. The summed E-state index contributed by atoms with van der Waals surface area (Å²) < 4.78 is 1.95. The van der Waals surface area contributed by atoms with Crippen molar-refractivity contribution in [2.75, 3.05) is 13.1 Å². The van der Waals surface area contributed by atoms with Crippen LogP contribution in [0.3, 0.4) is 0 Å². The Balaban J connectivity index is 1.56. The predicted molar refractivity (Wildman–Crippen MR) is 81.6 cm³/mol. The molecule has 2 heterocycles. The quantitative estimate of drug-likeness (QED) is 0.844. The molecule has 2 aromatic rings. The average Bonchev–Trinajstić information content (AvgIpc) is 2.96. The summed E-state index contributed by atoms with van der Waals surface area (Å²) in [4.78, 5) is 2.46. The van der Waals surface area contributed by atoms with Crippen LogP contribution in [0.25, 0.3) is 0 Å². The van der Waals surface area contributed by atoms with Gasteiger partial charge in [0.05, 0.1) is 6.54 Å². The molecule has 0 unspecified atom stereocenters. The van der Waals surface area contributed by atoms with E-state index in [-0.39, 0.29) is 0 Å². The van der Waals surface area contributed by atoms with E-state index in [9.17, 15) is 0 Å². The van der Waals surface area contributed by atoms with Gasteiger partial charge in [-0.1, -0.05) is 37.3 Å². The fraction of sp³-hybridized carbons (Fsp3) is 0.562. The topological polar surface area (TPSA) is 46.8 Å². The van der Waals surface area contributed by atoms with E-state index < -0.39 is 0 Å². The zero-order valence-corrected chi connectivity index (χ0v) is 12.6. The number of hydrogen-bond donors (Lipinski definition) is 0. The molecule has 0 aliphatic carbocycles. The van der Waals surface area contributed by atoms with Crippen molar-refractivity contribution in [3.63, 3.8) is 0 Å². The molecule has 0 spiro atoms. The lowest BCUT2D eigenvalue weighted by Crippen LogP contribution is -2.33. The molecule has 1 saturated heterocycles. The summed E-state index contributed by atoms with van der Waals surface area (Å²) in [5.41, 5.74) is 1.32. The van der Waals surface area contributed by atoms with E-state index in [1.165, 1.54) is 18.4 Å². The van der Waals surface area contributed by atoms with Gasteiger partial charge in [0.15, 0.2) is 5.82 Å². The highest BCUT2D eigenvalue weighted by Crippen LogP contribution is 2.17. The van der Waals surface area contributed by atoms with Gasteiger partial charge < -0.3 is 0 Å². The number of nitrogens with zero attached hydrogens (tertiary/aromatic N) is 5. The second-order valence-corrected chi connectivity index (χ2v) is 6.01. The largest absolute Gasteiger partial charge is 0.296 e. The van der Waals surface area contributed by atoms with Gasteiger partial charge in [0.1, 0.15) is 0 Å². The Hall–Kier alpha value is -1.75. The average molecular weight is 285 g/mol. The van der Waals surface area contributed by atoms with Crippen LogP contribution in [0, 0.1) is 5.92 Å². The third-order valence-electron chi connectivity index (χ3n) is 4.30. The lowest BCUT2D eigenvalue weighted by atomic mass is 9.99. The van der Waals surface area contributed by atoms with E-state index in [1.807, 2.05) is 10.7 Å². The van der Waals surface area contributed by atoms with Gasteiger partial charge in [0.2, 0.25) is 0 Å². The summed E-state index contributed by atoms with van der Waals surface area (Å²) in [6.07, 6.45) is 3.53. The number of piperidine rings is 1. The minimum Gasteiger partial charge on any atom is -0.296 e. The number of rotatable bonds is 5. The second kappa shape index (κ2) is 6.80. The standard InChI is InChI=1S/C16H23N5/c1-14-7-10-20(11-8-14)13-16-17-18-19-21(16)12-9-15-5-3-2-4-6-15/h2-6,14H,7-13H2,1H3. The van der Waals surface area contributed by atoms with Crippen LogP contribution in [0.15, 0.2) is 30.3 Å². The molecule has 5 nitrogen and oxygen atoms in total. The minimum atomic E-state index is 0.844. The normalized spacial score (nSPS) is 17.2. The molecule has 112 valence electrons. The smallest absolute Gasteiger partial charge is 0.165 e. The summed E-state index contributed by atoms with van der Waals surface area (Å²) >= 11 is 0. The van der Waals surface area contributed by atoms with Crippen LogP contribution in [-0.2, 0) is 19.5 Å². The van der Waals surface area contributed by atoms with E-state index in [1.54, 1.807) is 0 Å². The van der Waals surface area contributed by atoms with Crippen LogP contribution in [-0.4, -0.2) is 38.2 Å². The molecule has 0 amide bonds. The van der Waals surface area contributed by atoms with Crippen molar-refractivity contribution >= 4 is 0 Å². The fourth-order valence-electron chi connectivity index (χ4n) is 2.81. The number of hydrogen-bond acceptors (Lipinski definition) is 4. The molecule has 1 aliphatic heterocycles. The highest BCUT2D eigenvalue weighted by molar-refractivity contribution is 5.14. The molecule has 0 radical (unpaired) electrons. The van der Waals surface area contributed by atoms with Gasteiger partial charge >= 0.3 is 0 Å². The second-order valence-electron chi connectivity index (χ2n) is 6.01. The van der Waals surface area contributed by atoms with E-state index in [0.29, 0.717) is 0 Å². The maximum absolute atomic E-state index is 4.20. The van der Waals surface area contributed by atoms with Crippen LogP contribution in [0.4, 0.5) is 0 Å². The predicted octanol–water partition coefficient (Wildman–Crippen LogP) is 2.15. The molecule has 0 saturated carbocycles. The minimum absolute atomic E-state index is 0.844. The highest BCUT2D eigenvalue weighted by Gasteiger charge is 2.18. The highest BCUT2D eigenvalue weighted by atomic mass is 15.5. The number of aryl methyl sites for hydroxylation is 2. The van der Waals surface area contributed by atoms with Gasteiger partial charge in [-0.3, -0.25) is 4.90 Å². The van der Waals surface area contributed by atoms with Crippen molar-refractivity contribution in [2.45, 2.75) is 39.3 Å². The molecule has 1 aromatic carbocycles. The maximum Gasteiger partial charge on any atom is 0.165 e. The van der Waals surface area contributed by atoms with E-state index in [2.05, 4.69) is 51.6 Å². The number of benzene rings is 1. The lowest BCUT2D eigenvalue weighted by molar-refractivity contribution is 0.178. The Labute approximate surface area is 126 Å². The number of likely N-dealkylation sites (tertiary alicyclic amines) is 1. The Kier molecular flexibility index (Phi) is 4.60. The number of aromatic nitrogens is 4. The first-order valence-corrected chi connectivity index (χ1v) is 7.82. The molecule has 1 fully saturated rings. The molecule has 21 heavy (non-hydrogen) atoms. The Bertz CT molecular complexity index is 543. The van der Waals surface area contributed by atoms with Crippen LogP contribution in [0.1, 0.15) is 31.2 Å². The molecule has 3 rings (SSSR count). The van der Waals surface area contributed by atoms with Crippen molar-refractivity contribution in [2.24, 2.45) is 5.92 Å². The Morgan fingerprint density at radius 1 is 1.14 bits per heavy atom. The van der Waals surface area contributed by atoms with Crippen molar-refractivity contribution in [1.29, 1.82) is 0 Å². The summed E-state index contributed by atoms with van der Waals surface area (Å²) in [5, 5.41) is 12.2. The monoisotopic (exact) mass is 285 g/mol. The zero-order valence-electron chi connectivity index (χ0n) is 12.6. The van der Waals surface area contributed by atoms with Crippen molar-refractivity contribution in [1.82, 2.24) is 25.1 Å². The molecule has 1 aliphatic rings. The van der Waals surface area contributed by atoms with E-state index in [4.69, 9.17) is 0 Å². The van der Waals surface area contributed by atoms with Crippen LogP contribution in [0.2, 0.25) is 0 Å². The molecular weight excluding hydrogens is 262 g/mol. The van der Waals surface area contributed by atoms with Gasteiger partial charge in [-0.2, -0.15) is 0 Å². The van der Waals surface area contributed by atoms with E-state index in [0.717, 1.165) is 44.3 Å². The molecule has 0 atom stereocenters. The van der Waals surface area contributed by atoms with Gasteiger partial charge in [0, 0.05) is 6.54 Å². The SMILES string of the molecule is CC1CCN(Cc2nnnn2CCc2ccccc2)CC1. The maximum atomic E-state index is 4.20. The summed E-state index contributed by atoms with van der Waals surface area (Å²) in [7, 11) is 0. The van der Waals surface area contributed by atoms with Crippen LogP contribution in [0.5, 0.6) is 0 Å². The van der Waals surface area contributed by atoms with Gasteiger partial charge in [-0.05, 0) is 54.3 Å². The first-order chi connectivity index (χ1) is 10.3. The summed E-state index contributed by atoms with van der Waals surface area (Å²) in [5.74, 6) is 1.84. The summed E-state index contributed by atoms with van der Waals surface area (Å²) in [6, 6.07) is 10.5. The molecule has 5 heteroatoms. The third kappa shape index (κ3) is 3.88. The fourth-order valence-corrected chi connectivity index (χ4v) is 2.81. The Morgan fingerprint density at radius 3 is 2.67 bits per heavy atom. The van der Waals surface area contributed by atoms with Crippen LogP contribution >= 0.6 is 0 Å². The number of tetrazole rings is 1. The zero-order chi connectivity index (χ0) is 14.5.